The minimum absolute atomic E-state index is 0.138. The normalized spacial score (nSPS) is 18.3. The zero-order valence-corrected chi connectivity index (χ0v) is 21.5. The molecule has 2 aliphatic rings. The monoisotopic (exact) mass is 543 g/mol. The summed E-state index contributed by atoms with van der Waals surface area (Å²) >= 11 is -2.12. The fourth-order valence-electron chi connectivity index (χ4n) is 4.42. The van der Waals surface area contributed by atoms with Gasteiger partial charge in [0.15, 0.2) is 21.5 Å². The number of carbonyl (C=O) groups excluding carboxylic acids is 1. The van der Waals surface area contributed by atoms with Crippen LogP contribution in [-0.4, -0.2) is 65.1 Å². The highest BCUT2D eigenvalue weighted by Crippen LogP contribution is 2.37. The number of anilines is 2. The van der Waals surface area contributed by atoms with E-state index in [1.807, 2.05) is 29.2 Å². The molecule has 0 bridgehead atoms. The van der Waals surface area contributed by atoms with E-state index in [9.17, 15) is 17.4 Å². The molecule has 2 atom stereocenters. The van der Waals surface area contributed by atoms with Crippen molar-refractivity contribution in [2.24, 2.45) is 0 Å². The van der Waals surface area contributed by atoms with E-state index in [0.717, 1.165) is 22.9 Å². The lowest BCUT2D eigenvalue weighted by Gasteiger charge is -2.44. The highest BCUT2D eigenvalue weighted by Gasteiger charge is 2.41. The van der Waals surface area contributed by atoms with Gasteiger partial charge < -0.3 is 14.5 Å². The Morgan fingerprint density at radius 3 is 2.70 bits per heavy atom. The molecule has 0 aliphatic carbocycles. The third-order valence-corrected chi connectivity index (χ3v) is 7.79. The van der Waals surface area contributed by atoms with Crippen LogP contribution in [0, 0.1) is 0 Å². The molecule has 3 aromatic rings. The van der Waals surface area contributed by atoms with Crippen LogP contribution in [0.3, 0.4) is 0 Å². The van der Waals surface area contributed by atoms with E-state index in [1.165, 1.54) is 12.1 Å². The Morgan fingerprint density at radius 2 is 1.97 bits per heavy atom. The van der Waals surface area contributed by atoms with Crippen molar-refractivity contribution < 1.29 is 26.7 Å². The van der Waals surface area contributed by atoms with Crippen LogP contribution in [-0.2, 0) is 43.7 Å². The van der Waals surface area contributed by atoms with Gasteiger partial charge in [-0.3, -0.25) is 9.35 Å². The average molecular weight is 544 g/mol. The van der Waals surface area contributed by atoms with E-state index < -0.39 is 27.1 Å². The summed E-state index contributed by atoms with van der Waals surface area (Å²) in [4.78, 5) is 26.6. The van der Waals surface area contributed by atoms with Gasteiger partial charge in [0.1, 0.15) is 11.7 Å². The summed E-state index contributed by atoms with van der Waals surface area (Å²) < 4.78 is 51.7. The van der Waals surface area contributed by atoms with Gasteiger partial charge in [0.25, 0.3) is 5.91 Å². The largest absolute Gasteiger partial charge is 0.377 e. The first-order chi connectivity index (χ1) is 17.7. The Labute approximate surface area is 216 Å². The van der Waals surface area contributed by atoms with Crippen LogP contribution >= 0.6 is 0 Å². The van der Waals surface area contributed by atoms with Crippen LogP contribution in [0.25, 0.3) is 11.4 Å². The van der Waals surface area contributed by atoms with Gasteiger partial charge in [-0.1, -0.05) is 30.3 Å². The van der Waals surface area contributed by atoms with Gasteiger partial charge in [-0.05, 0) is 29.3 Å². The Bertz CT molecular complexity index is 1460. The highest BCUT2D eigenvalue weighted by molar-refractivity contribution is 7.90. The second-order valence-electron chi connectivity index (χ2n) is 8.80. The molecular formula is C24H25N5O6S2. The van der Waals surface area contributed by atoms with Crippen molar-refractivity contribution in [1.29, 1.82) is 0 Å². The minimum Gasteiger partial charge on any atom is -0.377 e. The van der Waals surface area contributed by atoms with E-state index in [2.05, 4.69) is 9.71 Å². The number of nitrogens with one attached hydrogen (secondary N) is 1. The van der Waals surface area contributed by atoms with Crippen LogP contribution in [0.2, 0.25) is 0 Å². The molecule has 1 aromatic heterocycles. The minimum atomic E-state index is -3.33. The maximum atomic E-state index is 13.5. The van der Waals surface area contributed by atoms with E-state index in [0.29, 0.717) is 30.5 Å². The van der Waals surface area contributed by atoms with Crippen LogP contribution in [0.5, 0.6) is 0 Å². The zero-order chi connectivity index (χ0) is 26.2. The molecule has 2 aromatic carbocycles. The number of fused-ring (bicyclic) bond motifs is 3. The molecular weight excluding hydrogens is 518 g/mol. The molecule has 0 spiro atoms. The van der Waals surface area contributed by atoms with Gasteiger partial charge in [0.05, 0.1) is 30.9 Å². The quantitative estimate of drug-likeness (QED) is 0.424. The molecule has 1 fully saturated rings. The Kier molecular flexibility index (Phi) is 7.05. The smallest absolute Gasteiger partial charge is 0.252 e. The number of rotatable bonds is 7. The lowest BCUT2D eigenvalue weighted by atomic mass is 10.1. The molecule has 1 saturated heterocycles. The second kappa shape index (κ2) is 10.3. The maximum Gasteiger partial charge on any atom is 0.252 e. The second-order valence-corrected chi connectivity index (χ2v) is 11.6. The fraction of sp³-hybridized carbons (Fsp3) is 0.292. The fourth-order valence-corrected chi connectivity index (χ4v) is 5.34. The lowest BCUT2D eigenvalue weighted by Crippen LogP contribution is -2.58. The van der Waals surface area contributed by atoms with E-state index >= 15 is 0 Å². The van der Waals surface area contributed by atoms with Crippen molar-refractivity contribution in [1.82, 2.24) is 14.7 Å². The summed E-state index contributed by atoms with van der Waals surface area (Å²) in [5, 5.41) is 0. The van der Waals surface area contributed by atoms with Crippen molar-refractivity contribution in [2.45, 2.75) is 24.0 Å². The molecule has 0 saturated carbocycles. The van der Waals surface area contributed by atoms with Crippen molar-refractivity contribution in [3.05, 3.63) is 65.9 Å². The van der Waals surface area contributed by atoms with Gasteiger partial charge in [-0.15, -0.1) is 0 Å². The standard InChI is InChI=1S/C24H25N5O6S2/c1-37(33,34)19-7-5-16(6-8-19)14-29-20-13-25-22(18-4-2-3-17(11-18)12-26-36(31)32)27-23(20)28-9-10-35-15-21(28)24(29)30/h2-8,11,13,21,26H,9-10,12,14-15H2,1H3,(H,31,32). The SMILES string of the molecule is CS(=O)(=O)c1ccc(CN2C(=O)C3COCCN3c3nc(-c4cccc(CNS(=O)O)c4)ncc32)cc1. The van der Waals surface area contributed by atoms with Crippen molar-refractivity contribution in [2.75, 3.05) is 35.8 Å². The number of nitrogens with zero attached hydrogens (tertiary/aromatic N) is 4. The third kappa shape index (κ3) is 5.40. The number of benzene rings is 2. The number of ether oxygens (including phenoxy) is 1. The number of morpholine rings is 1. The topological polar surface area (TPSA) is 142 Å². The van der Waals surface area contributed by atoms with Gasteiger partial charge in [0.2, 0.25) is 11.3 Å². The molecule has 13 heteroatoms. The molecule has 3 heterocycles. The summed E-state index contributed by atoms with van der Waals surface area (Å²) in [6.45, 7) is 1.63. The Balaban J connectivity index is 1.50. The molecule has 2 unspecified atom stereocenters. The first-order valence-corrected chi connectivity index (χ1v) is 14.5. The first-order valence-electron chi connectivity index (χ1n) is 11.5. The summed E-state index contributed by atoms with van der Waals surface area (Å²) in [6.07, 6.45) is 2.78. The summed E-state index contributed by atoms with van der Waals surface area (Å²) in [5.74, 6) is 0.939. The van der Waals surface area contributed by atoms with Gasteiger partial charge in [0, 0.05) is 24.9 Å². The molecule has 37 heavy (non-hydrogen) atoms. The Hall–Kier alpha value is -3.23. The number of amides is 1. The average Bonchev–Trinajstić information content (AvgIpc) is 2.89. The van der Waals surface area contributed by atoms with Crippen molar-refractivity contribution in [3.63, 3.8) is 0 Å². The molecule has 194 valence electrons. The van der Waals surface area contributed by atoms with E-state index in [1.54, 1.807) is 23.2 Å². The van der Waals surface area contributed by atoms with Crippen LogP contribution in [0.4, 0.5) is 11.5 Å². The van der Waals surface area contributed by atoms with Crippen molar-refractivity contribution in [3.8, 4) is 11.4 Å². The highest BCUT2D eigenvalue weighted by atomic mass is 32.2. The van der Waals surface area contributed by atoms with Crippen molar-refractivity contribution >= 4 is 38.5 Å². The predicted octanol–water partition coefficient (Wildman–Crippen LogP) is 1.53. The maximum absolute atomic E-state index is 13.5. The first kappa shape index (κ1) is 25.4. The molecule has 11 nitrogen and oxygen atoms in total. The van der Waals surface area contributed by atoms with Crippen LogP contribution in [0.15, 0.2) is 59.6 Å². The van der Waals surface area contributed by atoms with Crippen LogP contribution < -0.4 is 14.5 Å². The van der Waals surface area contributed by atoms with E-state index in [4.69, 9.17) is 14.3 Å². The predicted molar refractivity (Wildman–Crippen MR) is 138 cm³/mol. The molecule has 5 rings (SSSR count). The molecule has 2 N–H and O–H groups in total. The number of carbonyl (C=O) groups is 1. The molecule has 2 aliphatic heterocycles. The molecule has 0 radical (unpaired) electrons. The molecule has 1 amide bonds. The van der Waals surface area contributed by atoms with E-state index in [-0.39, 0.29) is 30.5 Å². The Morgan fingerprint density at radius 1 is 1.19 bits per heavy atom. The number of hydrogen-bond donors (Lipinski definition) is 2. The van der Waals surface area contributed by atoms with Gasteiger partial charge >= 0.3 is 0 Å². The van der Waals surface area contributed by atoms with Gasteiger partial charge in [-0.2, -0.15) is 0 Å². The number of aromatic nitrogens is 2. The van der Waals surface area contributed by atoms with Crippen LogP contribution in [0.1, 0.15) is 11.1 Å². The number of hydrogen-bond acceptors (Lipinski definition) is 8. The summed E-state index contributed by atoms with van der Waals surface area (Å²) in [6, 6.07) is 13.3. The summed E-state index contributed by atoms with van der Waals surface area (Å²) in [5.41, 5.74) is 2.85. The number of sulfone groups is 1. The summed E-state index contributed by atoms with van der Waals surface area (Å²) in [7, 11) is -3.33. The van der Waals surface area contributed by atoms with Gasteiger partial charge in [-0.25, -0.2) is 27.3 Å². The zero-order valence-electron chi connectivity index (χ0n) is 19.9. The third-order valence-electron chi connectivity index (χ3n) is 6.27. The lowest BCUT2D eigenvalue weighted by molar-refractivity contribution is -0.122.